The number of rotatable bonds is 4. The van der Waals surface area contributed by atoms with Gasteiger partial charge in [-0.3, -0.25) is 4.79 Å². The third kappa shape index (κ3) is 2.79. The highest BCUT2D eigenvalue weighted by molar-refractivity contribution is 5.86. The second-order valence-corrected chi connectivity index (χ2v) is 3.08. The summed E-state index contributed by atoms with van der Waals surface area (Å²) in [4.78, 5) is 21.7. The van der Waals surface area contributed by atoms with Crippen LogP contribution in [0.1, 0.15) is 19.3 Å². The fourth-order valence-electron chi connectivity index (χ4n) is 0.953. The van der Waals surface area contributed by atoms with Crippen molar-refractivity contribution in [1.82, 2.24) is 5.32 Å². The number of hydrogen-bond donors (Lipinski definition) is 2. The SMILES string of the molecule is C#CC[C@@H](NC(=O)C1CC1)C(=O)O. The molecule has 1 aliphatic rings. The molecule has 1 atom stereocenters. The molecule has 0 saturated heterocycles. The van der Waals surface area contributed by atoms with Crippen LogP contribution in [-0.4, -0.2) is 23.0 Å². The summed E-state index contributed by atoms with van der Waals surface area (Å²) in [5.74, 6) is 0.963. The van der Waals surface area contributed by atoms with Gasteiger partial charge in [0, 0.05) is 12.3 Å². The maximum Gasteiger partial charge on any atom is 0.327 e. The third-order valence-electron chi connectivity index (χ3n) is 1.88. The lowest BCUT2D eigenvalue weighted by Crippen LogP contribution is -2.41. The minimum atomic E-state index is -1.08. The summed E-state index contributed by atoms with van der Waals surface area (Å²) >= 11 is 0. The first-order chi connectivity index (χ1) is 6.15. The number of aliphatic carboxylic acids is 1. The number of carbonyl (C=O) groups excluding carboxylic acids is 1. The van der Waals surface area contributed by atoms with E-state index in [9.17, 15) is 9.59 Å². The number of terminal acetylenes is 1. The highest BCUT2D eigenvalue weighted by Gasteiger charge is 2.32. The monoisotopic (exact) mass is 181 g/mol. The zero-order valence-corrected chi connectivity index (χ0v) is 7.12. The van der Waals surface area contributed by atoms with E-state index in [2.05, 4.69) is 11.2 Å². The Morgan fingerprint density at radius 2 is 2.23 bits per heavy atom. The molecule has 1 rings (SSSR count). The van der Waals surface area contributed by atoms with Crippen LogP contribution in [0.2, 0.25) is 0 Å². The molecule has 0 spiro atoms. The van der Waals surface area contributed by atoms with E-state index in [1.54, 1.807) is 0 Å². The Kier molecular flexibility index (Phi) is 2.91. The van der Waals surface area contributed by atoms with Gasteiger partial charge in [-0.1, -0.05) is 0 Å². The summed E-state index contributed by atoms with van der Waals surface area (Å²) in [6, 6.07) is -0.932. The molecule has 2 N–H and O–H groups in total. The molecule has 0 bridgehead atoms. The summed E-state index contributed by atoms with van der Waals surface area (Å²) in [7, 11) is 0. The van der Waals surface area contributed by atoms with Gasteiger partial charge in [-0.05, 0) is 12.8 Å². The molecule has 13 heavy (non-hydrogen) atoms. The van der Waals surface area contributed by atoms with Gasteiger partial charge in [0.1, 0.15) is 6.04 Å². The average Bonchev–Trinajstić information content (AvgIpc) is 2.85. The summed E-state index contributed by atoms with van der Waals surface area (Å²) < 4.78 is 0. The molecule has 0 aromatic rings. The molecule has 0 aliphatic heterocycles. The van der Waals surface area contributed by atoms with Gasteiger partial charge in [0.15, 0.2) is 0 Å². The molecule has 1 fully saturated rings. The fourth-order valence-corrected chi connectivity index (χ4v) is 0.953. The second kappa shape index (κ2) is 3.94. The molecule has 0 aromatic heterocycles. The van der Waals surface area contributed by atoms with Crippen molar-refractivity contribution < 1.29 is 14.7 Å². The van der Waals surface area contributed by atoms with Crippen molar-refractivity contribution in [2.24, 2.45) is 5.92 Å². The number of carboxylic acid groups (broad SMARTS) is 1. The third-order valence-corrected chi connectivity index (χ3v) is 1.88. The van der Waals surface area contributed by atoms with E-state index in [-0.39, 0.29) is 18.2 Å². The molecular weight excluding hydrogens is 170 g/mol. The van der Waals surface area contributed by atoms with E-state index < -0.39 is 12.0 Å². The van der Waals surface area contributed by atoms with Crippen LogP contribution in [0.15, 0.2) is 0 Å². The van der Waals surface area contributed by atoms with E-state index in [1.165, 1.54) is 0 Å². The Labute approximate surface area is 76.3 Å². The molecule has 1 aliphatic carbocycles. The smallest absolute Gasteiger partial charge is 0.327 e. The van der Waals surface area contributed by atoms with Crippen molar-refractivity contribution in [1.29, 1.82) is 0 Å². The van der Waals surface area contributed by atoms with E-state index in [1.807, 2.05) is 0 Å². The van der Waals surface area contributed by atoms with Crippen molar-refractivity contribution in [2.75, 3.05) is 0 Å². The molecule has 70 valence electrons. The van der Waals surface area contributed by atoms with Crippen molar-refractivity contribution in [3.05, 3.63) is 0 Å². The molecule has 1 saturated carbocycles. The predicted molar refractivity (Wildman–Crippen MR) is 45.7 cm³/mol. The zero-order chi connectivity index (χ0) is 9.84. The van der Waals surface area contributed by atoms with E-state index in [0.717, 1.165) is 12.8 Å². The number of hydrogen-bond acceptors (Lipinski definition) is 2. The Bertz CT molecular complexity index is 263. The first-order valence-corrected chi connectivity index (χ1v) is 4.11. The highest BCUT2D eigenvalue weighted by Crippen LogP contribution is 2.28. The quantitative estimate of drug-likeness (QED) is 0.599. The number of carboxylic acids is 1. The van der Waals surface area contributed by atoms with E-state index in [0.29, 0.717) is 0 Å². The Morgan fingerprint density at radius 1 is 1.62 bits per heavy atom. The number of carbonyl (C=O) groups is 2. The van der Waals surface area contributed by atoms with Gasteiger partial charge in [-0.2, -0.15) is 0 Å². The van der Waals surface area contributed by atoms with E-state index >= 15 is 0 Å². The van der Waals surface area contributed by atoms with Crippen molar-refractivity contribution in [2.45, 2.75) is 25.3 Å². The van der Waals surface area contributed by atoms with Crippen LogP contribution in [0, 0.1) is 18.3 Å². The molecule has 0 heterocycles. The molecule has 4 heteroatoms. The van der Waals surface area contributed by atoms with Gasteiger partial charge in [0.05, 0.1) is 0 Å². The molecule has 1 amide bonds. The largest absolute Gasteiger partial charge is 0.480 e. The lowest BCUT2D eigenvalue weighted by atomic mass is 10.2. The molecule has 0 unspecified atom stereocenters. The van der Waals surface area contributed by atoms with Crippen LogP contribution >= 0.6 is 0 Å². The molecular formula is C9H11NO3. The average molecular weight is 181 g/mol. The maximum atomic E-state index is 11.2. The van der Waals surface area contributed by atoms with Crippen LogP contribution in [0.4, 0.5) is 0 Å². The van der Waals surface area contributed by atoms with Gasteiger partial charge >= 0.3 is 5.97 Å². The maximum absolute atomic E-state index is 11.2. The Balaban J connectivity index is 2.41. The highest BCUT2D eigenvalue weighted by atomic mass is 16.4. The van der Waals surface area contributed by atoms with Crippen LogP contribution in [-0.2, 0) is 9.59 Å². The summed E-state index contributed by atoms with van der Waals surface area (Å²) in [5, 5.41) is 11.0. The van der Waals surface area contributed by atoms with Gasteiger partial charge in [0.2, 0.25) is 5.91 Å². The van der Waals surface area contributed by atoms with Crippen LogP contribution < -0.4 is 5.32 Å². The Morgan fingerprint density at radius 3 is 2.62 bits per heavy atom. The van der Waals surface area contributed by atoms with Crippen molar-refractivity contribution in [3.63, 3.8) is 0 Å². The predicted octanol–water partition coefficient (Wildman–Crippen LogP) is -0.0109. The van der Waals surface area contributed by atoms with Crippen molar-refractivity contribution in [3.8, 4) is 12.3 Å². The van der Waals surface area contributed by atoms with Gasteiger partial charge in [-0.25, -0.2) is 4.79 Å². The molecule has 0 radical (unpaired) electrons. The standard InChI is InChI=1S/C9H11NO3/c1-2-3-7(9(12)13)10-8(11)6-4-5-6/h1,6-7H,3-5H2,(H,10,11)(H,12,13)/t7-/m1/s1. The second-order valence-electron chi connectivity index (χ2n) is 3.08. The zero-order valence-electron chi connectivity index (χ0n) is 7.12. The minimum Gasteiger partial charge on any atom is -0.480 e. The summed E-state index contributed by atoms with van der Waals surface area (Å²) in [6.07, 6.45) is 6.72. The van der Waals surface area contributed by atoms with Gasteiger partial charge < -0.3 is 10.4 Å². The van der Waals surface area contributed by atoms with Gasteiger partial charge in [0.25, 0.3) is 0 Å². The van der Waals surface area contributed by atoms with Crippen LogP contribution in [0.5, 0.6) is 0 Å². The summed E-state index contributed by atoms with van der Waals surface area (Å²) in [5.41, 5.74) is 0. The number of nitrogens with one attached hydrogen (secondary N) is 1. The first kappa shape index (κ1) is 9.59. The Hall–Kier alpha value is -1.50. The lowest BCUT2D eigenvalue weighted by molar-refractivity contribution is -0.141. The normalized spacial score (nSPS) is 17.2. The van der Waals surface area contributed by atoms with Crippen LogP contribution in [0.3, 0.4) is 0 Å². The molecule has 0 aromatic carbocycles. The summed E-state index contributed by atoms with van der Waals surface area (Å²) in [6.45, 7) is 0. The van der Waals surface area contributed by atoms with Gasteiger partial charge in [-0.15, -0.1) is 12.3 Å². The minimum absolute atomic E-state index is 0.0135. The number of amides is 1. The lowest BCUT2D eigenvalue weighted by Gasteiger charge is -2.10. The van der Waals surface area contributed by atoms with Crippen LogP contribution in [0.25, 0.3) is 0 Å². The van der Waals surface area contributed by atoms with Crippen molar-refractivity contribution >= 4 is 11.9 Å². The van der Waals surface area contributed by atoms with E-state index in [4.69, 9.17) is 11.5 Å². The first-order valence-electron chi connectivity index (χ1n) is 4.11. The molecule has 4 nitrogen and oxygen atoms in total. The topological polar surface area (TPSA) is 66.4 Å². The fraction of sp³-hybridized carbons (Fsp3) is 0.556.